The maximum absolute atomic E-state index is 13.3. The average molecular weight is 410 g/mol. The van der Waals surface area contributed by atoms with E-state index in [4.69, 9.17) is 0 Å². The second kappa shape index (κ2) is 7.32. The van der Waals surface area contributed by atoms with E-state index in [0.717, 1.165) is 23.5 Å². The lowest BCUT2D eigenvalue weighted by atomic mass is 10.2. The van der Waals surface area contributed by atoms with Crippen LogP contribution in [0.25, 0.3) is 10.2 Å². The lowest BCUT2D eigenvalue weighted by Crippen LogP contribution is -2.12. The zero-order chi connectivity index (χ0) is 19.8. The Bertz CT molecular complexity index is 1120. The Kier molecular flexibility index (Phi) is 5.25. The molecule has 2 aromatic carbocycles. The first-order valence-electron chi connectivity index (χ1n) is 8.05. The smallest absolute Gasteiger partial charge is 0.255 e. The van der Waals surface area contributed by atoms with Gasteiger partial charge in [0.15, 0.2) is 11.6 Å². The predicted molar refractivity (Wildman–Crippen MR) is 101 cm³/mol. The van der Waals surface area contributed by atoms with Gasteiger partial charge in [0.1, 0.15) is 0 Å². The van der Waals surface area contributed by atoms with E-state index < -0.39 is 27.4 Å². The molecule has 1 heterocycles. The van der Waals surface area contributed by atoms with Gasteiger partial charge in [-0.2, -0.15) is 0 Å². The second-order valence-electron chi connectivity index (χ2n) is 6.42. The molecule has 142 valence electrons. The quantitative estimate of drug-likeness (QED) is 0.682. The first kappa shape index (κ1) is 19.4. The molecule has 1 aromatic heterocycles. The molecule has 27 heavy (non-hydrogen) atoms. The summed E-state index contributed by atoms with van der Waals surface area (Å²) < 4.78 is 51.6. The number of rotatable bonds is 5. The third-order valence-corrected chi connectivity index (χ3v) is 7.18. The summed E-state index contributed by atoms with van der Waals surface area (Å²) in [6, 6.07) is 7.63. The predicted octanol–water partition coefficient (Wildman–Crippen LogP) is 4.26. The molecule has 0 aliphatic heterocycles. The summed E-state index contributed by atoms with van der Waals surface area (Å²) in [7, 11) is -3.47. The molecule has 0 saturated carbocycles. The van der Waals surface area contributed by atoms with Gasteiger partial charge in [0, 0.05) is 11.3 Å². The molecule has 5 nitrogen and oxygen atoms in total. The SMILES string of the molecule is CC(C)CS(=O)(=O)c1nc2ccc(NC(=O)c3ccc(F)c(F)c3)cc2s1. The first-order chi connectivity index (χ1) is 12.7. The van der Waals surface area contributed by atoms with Gasteiger partial charge in [-0.15, -0.1) is 11.3 Å². The molecule has 0 fully saturated rings. The second-order valence-corrected chi connectivity index (χ2v) is 9.66. The van der Waals surface area contributed by atoms with Gasteiger partial charge < -0.3 is 5.32 Å². The highest BCUT2D eigenvalue weighted by Crippen LogP contribution is 2.29. The zero-order valence-electron chi connectivity index (χ0n) is 14.5. The average Bonchev–Trinajstić information content (AvgIpc) is 3.00. The summed E-state index contributed by atoms with van der Waals surface area (Å²) in [5.41, 5.74) is 0.875. The van der Waals surface area contributed by atoms with Crippen molar-refractivity contribution in [2.45, 2.75) is 18.2 Å². The summed E-state index contributed by atoms with van der Waals surface area (Å²) in [4.78, 5) is 16.4. The summed E-state index contributed by atoms with van der Waals surface area (Å²) in [6.45, 7) is 3.63. The molecule has 1 amide bonds. The number of hydrogen-bond acceptors (Lipinski definition) is 5. The molecule has 0 bridgehead atoms. The van der Waals surface area contributed by atoms with Crippen LogP contribution in [0.4, 0.5) is 14.5 Å². The summed E-state index contributed by atoms with van der Waals surface area (Å²) in [6.07, 6.45) is 0. The number of anilines is 1. The topological polar surface area (TPSA) is 76.1 Å². The lowest BCUT2D eigenvalue weighted by Gasteiger charge is -2.05. The maximum atomic E-state index is 13.3. The zero-order valence-corrected chi connectivity index (χ0v) is 16.1. The Balaban J connectivity index is 1.86. The van der Waals surface area contributed by atoms with Crippen molar-refractivity contribution in [3.05, 3.63) is 53.6 Å². The highest BCUT2D eigenvalue weighted by atomic mass is 32.2. The Morgan fingerprint density at radius 1 is 1.15 bits per heavy atom. The molecule has 0 unspecified atom stereocenters. The summed E-state index contributed by atoms with van der Waals surface area (Å²) in [5, 5.41) is 2.58. The third-order valence-electron chi connectivity index (χ3n) is 3.63. The van der Waals surface area contributed by atoms with Crippen LogP contribution in [0.15, 0.2) is 40.7 Å². The van der Waals surface area contributed by atoms with Crippen LogP contribution in [0, 0.1) is 17.6 Å². The number of fused-ring (bicyclic) bond motifs is 1. The summed E-state index contributed by atoms with van der Waals surface area (Å²) in [5.74, 6) is -2.77. The number of carbonyl (C=O) groups excluding carboxylic acids is 1. The molecule has 0 aliphatic carbocycles. The van der Waals surface area contributed by atoms with Crippen LogP contribution in [0.3, 0.4) is 0 Å². The Morgan fingerprint density at radius 2 is 1.89 bits per heavy atom. The van der Waals surface area contributed by atoms with Crippen LogP contribution in [0.1, 0.15) is 24.2 Å². The van der Waals surface area contributed by atoms with Gasteiger partial charge in [0.05, 0.1) is 16.0 Å². The van der Waals surface area contributed by atoms with E-state index >= 15 is 0 Å². The Hall–Kier alpha value is -2.39. The molecule has 3 aromatic rings. The van der Waals surface area contributed by atoms with Crippen LogP contribution >= 0.6 is 11.3 Å². The third kappa shape index (κ3) is 4.30. The molecule has 0 spiro atoms. The molecule has 1 N–H and O–H groups in total. The van der Waals surface area contributed by atoms with Crippen LogP contribution < -0.4 is 5.32 Å². The Labute approximate surface area is 159 Å². The molecule has 3 rings (SSSR count). The minimum atomic E-state index is -3.47. The lowest BCUT2D eigenvalue weighted by molar-refractivity contribution is 0.102. The van der Waals surface area contributed by atoms with Gasteiger partial charge in [-0.05, 0) is 42.3 Å². The molecular formula is C18H16F2N2O3S2. The van der Waals surface area contributed by atoms with E-state index in [1.807, 2.05) is 13.8 Å². The molecule has 0 aliphatic rings. The number of nitrogens with zero attached hydrogens (tertiary/aromatic N) is 1. The van der Waals surface area contributed by atoms with Crippen molar-refractivity contribution in [3.63, 3.8) is 0 Å². The van der Waals surface area contributed by atoms with E-state index in [1.165, 1.54) is 6.07 Å². The fourth-order valence-electron chi connectivity index (χ4n) is 2.47. The first-order valence-corrected chi connectivity index (χ1v) is 10.5. The van der Waals surface area contributed by atoms with E-state index in [1.54, 1.807) is 18.2 Å². The summed E-state index contributed by atoms with van der Waals surface area (Å²) >= 11 is 1.03. The standard InChI is InChI=1S/C18H16F2N2O3S2/c1-10(2)9-27(24,25)18-22-15-6-4-12(8-16(15)26-18)21-17(23)11-3-5-13(19)14(20)7-11/h3-8,10H,9H2,1-2H3,(H,21,23). The van der Waals surface area contributed by atoms with Crippen LogP contribution in [-0.2, 0) is 9.84 Å². The van der Waals surface area contributed by atoms with E-state index in [-0.39, 0.29) is 21.6 Å². The molecule has 9 heteroatoms. The molecule has 0 atom stereocenters. The highest BCUT2D eigenvalue weighted by Gasteiger charge is 2.21. The van der Waals surface area contributed by atoms with E-state index in [9.17, 15) is 22.0 Å². The van der Waals surface area contributed by atoms with Crippen molar-refractivity contribution >= 4 is 43.0 Å². The fourth-order valence-corrected chi connectivity index (χ4v) is 5.44. The number of thiazole rings is 1. The highest BCUT2D eigenvalue weighted by molar-refractivity contribution is 7.93. The number of nitrogens with one attached hydrogen (secondary N) is 1. The molecular weight excluding hydrogens is 394 g/mol. The van der Waals surface area contributed by atoms with Gasteiger partial charge >= 0.3 is 0 Å². The number of hydrogen-bond donors (Lipinski definition) is 1. The van der Waals surface area contributed by atoms with Crippen molar-refractivity contribution < 1.29 is 22.0 Å². The fraction of sp³-hybridized carbons (Fsp3) is 0.222. The number of halogens is 2. The van der Waals surface area contributed by atoms with Crippen LogP contribution in [0.2, 0.25) is 0 Å². The van der Waals surface area contributed by atoms with Crippen molar-refractivity contribution in [3.8, 4) is 0 Å². The minimum Gasteiger partial charge on any atom is -0.322 e. The number of carbonyl (C=O) groups is 1. The van der Waals surface area contributed by atoms with Gasteiger partial charge in [-0.25, -0.2) is 22.2 Å². The molecule has 0 saturated heterocycles. The van der Waals surface area contributed by atoms with E-state index in [0.29, 0.717) is 15.9 Å². The van der Waals surface area contributed by atoms with Gasteiger partial charge in [-0.3, -0.25) is 4.79 Å². The Morgan fingerprint density at radius 3 is 2.56 bits per heavy atom. The van der Waals surface area contributed by atoms with Crippen molar-refractivity contribution in [1.82, 2.24) is 4.98 Å². The minimum absolute atomic E-state index is 0.00649. The normalized spacial score (nSPS) is 11.9. The van der Waals surface area contributed by atoms with Gasteiger partial charge in [-0.1, -0.05) is 13.8 Å². The van der Waals surface area contributed by atoms with Crippen LogP contribution in [0.5, 0.6) is 0 Å². The van der Waals surface area contributed by atoms with Crippen molar-refractivity contribution in [2.24, 2.45) is 5.92 Å². The number of amides is 1. The van der Waals surface area contributed by atoms with Crippen molar-refractivity contribution in [1.29, 1.82) is 0 Å². The monoisotopic (exact) mass is 410 g/mol. The number of aromatic nitrogens is 1. The number of benzene rings is 2. The van der Waals surface area contributed by atoms with Crippen LogP contribution in [-0.4, -0.2) is 25.1 Å². The van der Waals surface area contributed by atoms with E-state index in [2.05, 4.69) is 10.3 Å². The van der Waals surface area contributed by atoms with Gasteiger partial charge in [0.2, 0.25) is 14.2 Å². The van der Waals surface area contributed by atoms with Gasteiger partial charge in [0.25, 0.3) is 5.91 Å². The number of sulfone groups is 1. The van der Waals surface area contributed by atoms with Crippen molar-refractivity contribution in [2.75, 3.05) is 11.1 Å². The molecule has 0 radical (unpaired) electrons. The largest absolute Gasteiger partial charge is 0.322 e. The maximum Gasteiger partial charge on any atom is 0.255 e.